The van der Waals surface area contributed by atoms with Gasteiger partial charge in [0.2, 0.25) is 0 Å². The minimum Gasteiger partial charge on any atom is -0.481 e. The molecule has 5 heteroatoms. The monoisotopic (exact) mass is 408 g/mol. The summed E-state index contributed by atoms with van der Waals surface area (Å²) in [4.78, 5) is 11.4. The van der Waals surface area contributed by atoms with E-state index in [0.717, 1.165) is 29.2 Å². The van der Waals surface area contributed by atoms with Gasteiger partial charge in [-0.2, -0.15) is 0 Å². The number of hydrogen-bond acceptors (Lipinski definition) is 4. The molecule has 0 heterocycles. The zero-order valence-corrected chi connectivity index (χ0v) is 17.2. The molecule has 1 unspecified atom stereocenters. The van der Waals surface area contributed by atoms with Crippen LogP contribution in [0.15, 0.2) is 72.1 Å². The summed E-state index contributed by atoms with van der Waals surface area (Å²) in [5.74, 6) is 0.853. The number of esters is 1. The van der Waals surface area contributed by atoms with Crippen molar-refractivity contribution in [2.75, 3.05) is 19.5 Å². The van der Waals surface area contributed by atoms with Crippen molar-refractivity contribution in [1.82, 2.24) is 0 Å². The highest BCUT2D eigenvalue weighted by atomic mass is 32.2. The molecule has 3 rings (SSSR count). The molecule has 0 aromatic heterocycles. The average molecular weight is 409 g/mol. The van der Waals surface area contributed by atoms with Crippen LogP contribution in [0, 0.1) is 0 Å². The summed E-state index contributed by atoms with van der Waals surface area (Å²) < 4.78 is 22.5. The van der Waals surface area contributed by atoms with E-state index in [0.29, 0.717) is 11.5 Å². The van der Waals surface area contributed by atoms with Gasteiger partial charge in [-0.15, -0.1) is 0 Å². The molecule has 0 saturated carbocycles. The molecule has 150 valence electrons. The van der Waals surface area contributed by atoms with E-state index >= 15 is 0 Å². The normalized spacial score (nSPS) is 12.2. The molecule has 0 N–H and O–H groups in total. The Morgan fingerprint density at radius 2 is 1.72 bits per heavy atom. The summed E-state index contributed by atoms with van der Waals surface area (Å²) in [5.41, 5.74) is 2.23. The van der Waals surface area contributed by atoms with Crippen molar-refractivity contribution in [2.24, 2.45) is 0 Å². The van der Waals surface area contributed by atoms with Crippen molar-refractivity contribution in [3.63, 3.8) is 0 Å². The minimum absolute atomic E-state index is 0.118. The molecule has 1 atom stereocenters. The van der Waals surface area contributed by atoms with Crippen molar-refractivity contribution in [3.05, 3.63) is 83.3 Å². The summed E-state index contributed by atoms with van der Waals surface area (Å²) in [6, 6.07) is 21.7. The van der Waals surface area contributed by atoms with E-state index in [1.807, 2.05) is 66.7 Å². The molecule has 3 aromatic rings. The lowest BCUT2D eigenvalue weighted by atomic mass is 10.0. The van der Waals surface area contributed by atoms with Gasteiger partial charge < -0.3 is 9.47 Å². The fourth-order valence-corrected chi connectivity index (χ4v) is 3.95. The zero-order valence-electron chi connectivity index (χ0n) is 16.4. The molecule has 0 radical (unpaired) electrons. The maximum atomic E-state index is 12.3. The SMILES string of the molecule is COC(=O)COc1cccc2c(CCCS(=O)/C=C/c3ccccc3)cccc12. The van der Waals surface area contributed by atoms with Gasteiger partial charge in [-0.05, 0) is 41.5 Å². The third-order valence-corrected chi connectivity index (χ3v) is 5.68. The number of hydrogen-bond donors (Lipinski definition) is 0. The van der Waals surface area contributed by atoms with Gasteiger partial charge in [0.05, 0.1) is 7.11 Å². The Labute approximate surface area is 173 Å². The fraction of sp³-hybridized carbons (Fsp3) is 0.208. The van der Waals surface area contributed by atoms with E-state index in [1.54, 1.807) is 5.41 Å². The molecule has 0 spiro atoms. The van der Waals surface area contributed by atoms with Gasteiger partial charge in [-0.1, -0.05) is 60.7 Å². The quantitative estimate of drug-likeness (QED) is 0.480. The van der Waals surface area contributed by atoms with Crippen molar-refractivity contribution in [1.29, 1.82) is 0 Å². The Morgan fingerprint density at radius 3 is 2.52 bits per heavy atom. The molecule has 0 bridgehead atoms. The number of benzene rings is 3. The van der Waals surface area contributed by atoms with Crippen molar-refractivity contribution >= 4 is 33.6 Å². The summed E-state index contributed by atoms with van der Waals surface area (Å²) >= 11 is 0. The molecule has 0 saturated heterocycles. The number of rotatable bonds is 9. The maximum Gasteiger partial charge on any atom is 0.343 e. The zero-order chi connectivity index (χ0) is 20.5. The van der Waals surface area contributed by atoms with Crippen LogP contribution in [-0.2, 0) is 26.8 Å². The van der Waals surface area contributed by atoms with Crippen molar-refractivity contribution < 1.29 is 18.5 Å². The van der Waals surface area contributed by atoms with E-state index in [1.165, 1.54) is 12.7 Å². The van der Waals surface area contributed by atoms with Crippen LogP contribution in [-0.4, -0.2) is 29.6 Å². The maximum absolute atomic E-state index is 12.3. The van der Waals surface area contributed by atoms with Crippen LogP contribution < -0.4 is 4.74 Å². The molecular formula is C24H24O4S. The number of ether oxygens (including phenoxy) is 2. The summed E-state index contributed by atoms with van der Waals surface area (Å²) in [6.07, 6.45) is 3.54. The van der Waals surface area contributed by atoms with Crippen LogP contribution in [0.3, 0.4) is 0 Å². The Kier molecular flexibility index (Phi) is 7.59. The van der Waals surface area contributed by atoms with E-state index in [4.69, 9.17) is 4.74 Å². The van der Waals surface area contributed by atoms with Crippen LogP contribution in [0.2, 0.25) is 0 Å². The summed E-state index contributed by atoms with van der Waals surface area (Å²) in [7, 11) is 0.341. The van der Waals surface area contributed by atoms with Crippen LogP contribution in [0.25, 0.3) is 16.8 Å². The van der Waals surface area contributed by atoms with Gasteiger partial charge in [0.25, 0.3) is 0 Å². The number of carbonyl (C=O) groups excluding carboxylic acids is 1. The van der Waals surface area contributed by atoms with Crippen molar-refractivity contribution in [2.45, 2.75) is 12.8 Å². The van der Waals surface area contributed by atoms with E-state index in [-0.39, 0.29) is 6.61 Å². The number of carbonyl (C=O) groups is 1. The Balaban J connectivity index is 1.62. The summed E-state index contributed by atoms with van der Waals surface area (Å²) in [6.45, 7) is -0.118. The van der Waals surface area contributed by atoms with Crippen molar-refractivity contribution in [3.8, 4) is 5.75 Å². The number of aryl methyl sites for hydroxylation is 1. The van der Waals surface area contributed by atoms with Gasteiger partial charge in [-0.25, -0.2) is 4.79 Å². The first kappa shape index (κ1) is 20.8. The van der Waals surface area contributed by atoms with E-state index in [9.17, 15) is 9.00 Å². The Morgan fingerprint density at radius 1 is 0.966 bits per heavy atom. The standard InChI is InChI=1S/C24H24O4S/c1-27-24(25)18-28-23-14-6-12-21-20(10-5-13-22(21)23)11-7-16-29(26)17-15-19-8-3-2-4-9-19/h2-6,8-10,12-15,17H,7,11,16,18H2,1H3/b17-15+. The van der Waals surface area contributed by atoms with E-state index in [2.05, 4.69) is 10.8 Å². The summed E-state index contributed by atoms with van der Waals surface area (Å²) in [5, 5.41) is 3.80. The van der Waals surface area contributed by atoms with Gasteiger partial charge in [-0.3, -0.25) is 4.21 Å². The lowest BCUT2D eigenvalue weighted by Gasteiger charge is -2.11. The first-order valence-corrected chi connectivity index (χ1v) is 10.9. The molecule has 0 aliphatic carbocycles. The van der Waals surface area contributed by atoms with Gasteiger partial charge >= 0.3 is 5.97 Å². The number of methoxy groups -OCH3 is 1. The highest BCUT2D eigenvalue weighted by Crippen LogP contribution is 2.28. The second-order valence-corrected chi connectivity index (χ2v) is 7.98. The predicted octanol–water partition coefficient (Wildman–Crippen LogP) is 4.74. The topological polar surface area (TPSA) is 52.6 Å². The van der Waals surface area contributed by atoms with Crippen LogP contribution in [0.4, 0.5) is 0 Å². The molecule has 0 fully saturated rings. The van der Waals surface area contributed by atoms with Gasteiger partial charge in [0.1, 0.15) is 5.75 Å². The smallest absolute Gasteiger partial charge is 0.343 e. The Bertz CT molecular complexity index is 1010. The molecule has 0 aliphatic rings. The third-order valence-electron chi connectivity index (χ3n) is 4.55. The Hall–Kier alpha value is -2.92. The average Bonchev–Trinajstić information content (AvgIpc) is 2.77. The minimum atomic E-state index is -0.998. The fourth-order valence-electron chi connectivity index (χ4n) is 3.08. The van der Waals surface area contributed by atoms with E-state index < -0.39 is 16.8 Å². The second kappa shape index (κ2) is 10.6. The molecule has 0 aliphatic heterocycles. The first-order valence-electron chi connectivity index (χ1n) is 9.48. The highest BCUT2D eigenvalue weighted by Gasteiger charge is 2.08. The first-order chi connectivity index (χ1) is 14.2. The second-order valence-electron chi connectivity index (χ2n) is 6.54. The third kappa shape index (κ3) is 6.03. The van der Waals surface area contributed by atoms with Crippen LogP contribution >= 0.6 is 0 Å². The number of fused-ring (bicyclic) bond motifs is 1. The molecular weight excluding hydrogens is 384 g/mol. The lowest BCUT2D eigenvalue weighted by molar-refractivity contribution is -0.142. The highest BCUT2D eigenvalue weighted by molar-refractivity contribution is 7.88. The largest absolute Gasteiger partial charge is 0.481 e. The molecule has 4 nitrogen and oxygen atoms in total. The lowest BCUT2D eigenvalue weighted by Crippen LogP contribution is -2.12. The molecule has 29 heavy (non-hydrogen) atoms. The van der Waals surface area contributed by atoms with Crippen LogP contribution in [0.5, 0.6) is 5.75 Å². The van der Waals surface area contributed by atoms with Crippen LogP contribution in [0.1, 0.15) is 17.5 Å². The van der Waals surface area contributed by atoms with Gasteiger partial charge in [0, 0.05) is 27.3 Å². The predicted molar refractivity (Wildman–Crippen MR) is 118 cm³/mol. The molecule has 0 amide bonds. The molecule has 3 aromatic carbocycles. The van der Waals surface area contributed by atoms with Gasteiger partial charge in [0.15, 0.2) is 6.61 Å².